The van der Waals surface area contributed by atoms with Gasteiger partial charge in [0.25, 0.3) is 0 Å². The van der Waals surface area contributed by atoms with Crippen molar-refractivity contribution in [2.75, 3.05) is 7.11 Å². The highest BCUT2D eigenvalue weighted by molar-refractivity contribution is 9.10. The van der Waals surface area contributed by atoms with E-state index >= 15 is 0 Å². The van der Waals surface area contributed by atoms with Crippen LogP contribution < -0.4 is 4.74 Å². The molecule has 0 radical (unpaired) electrons. The summed E-state index contributed by atoms with van der Waals surface area (Å²) < 4.78 is 18.5. The van der Waals surface area contributed by atoms with E-state index in [2.05, 4.69) is 15.9 Å². The Kier molecular flexibility index (Phi) is 3.90. The summed E-state index contributed by atoms with van der Waals surface area (Å²) in [6.07, 6.45) is 0.965. The van der Waals surface area contributed by atoms with Gasteiger partial charge in [0.1, 0.15) is 11.6 Å². The number of hydrogen-bond donors (Lipinski definition) is 0. The normalized spacial score (nSPS) is 9.57. The first-order valence-electron chi connectivity index (χ1n) is 4.08. The molecule has 0 saturated heterocycles. The first-order valence-corrected chi connectivity index (χ1v) is 4.87. The Balaban J connectivity index is 3.02. The molecule has 0 heterocycles. The van der Waals surface area contributed by atoms with Crippen molar-refractivity contribution < 1.29 is 9.13 Å². The van der Waals surface area contributed by atoms with Crippen LogP contribution in [0.5, 0.6) is 5.75 Å². The largest absolute Gasteiger partial charge is 0.496 e. The molecule has 0 bridgehead atoms. The van der Waals surface area contributed by atoms with Crippen LogP contribution >= 0.6 is 15.9 Å². The Labute approximate surface area is 90.4 Å². The summed E-state index contributed by atoms with van der Waals surface area (Å²) in [5.74, 6) is 0.128. The Morgan fingerprint density at radius 2 is 2.29 bits per heavy atom. The Morgan fingerprint density at radius 1 is 1.57 bits per heavy atom. The second-order valence-electron chi connectivity index (χ2n) is 2.74. The van der Waals surface area contributed by atoms with Crippen LogP contribution in [-0.4, -0.2) is 7.11 Å². The fourth-order valence-electron chi connectivity index (χ4n) is 1.15. The van der Waals surface area contributed by atoms with Crippen LogP contribution in [0.2, 0.25) is 0 Å². The van der Waals surface area contributed by atoms with Gasteiger partial charge >= 0.3 is 0 Å². The van der Waals surface area contributed by atoms with Gasteiger partial charge in [-0.05, 0) is 34.0 Å². The number of halogens is 2. The third-order valence-corrected chi connectivity index (χ3v) is 2.44. The Morgan fingerprint density at radius 3 is 2.86 bits per heavy atom. The van der Waals surface area contributed by atoms with E-state index < -0.39 is 0 Å². The standard InChI is InChI=1S/C10H9BrFNO/c1-14-10-6-9(12)8(11)5-7(10)3-2-4-13/h5-6H,2-3H2,1H3. The minimum Gasteiger partial charge on any atom is -0.496 e. The van der Waals surface area contributed by atoms with Crippen molar-refractivity contribution in [3.05, 3.63) is 28.0 Å². The van der Waals surface area contributed by atoms with Gasteiger partial charge in [-0.15, -0.1) is 0 Å². The average Bonchev–Trinajstić information content (AvgIpc) is 2.19. The van der Waals surface area contributed by atoms with Crippen LogP contribution in [0.4, 0.5) is 4.39 Å². The highest BCUT2D eigenvalue weighted by Crippen LogP contribution is 2.27. The van der Waals surface area contributed by atoms with Gasteiger partial charge in [0.05, 0.1) is 17.7 Å². The molecule has 0 aliphatic rings. The zero-order chi connectivity index (χ0) is 10.6. The highest BCUT2D eigenvalue weighted by Gasteiger charge is 2.08. The molecule has 0 aliphatic carbocycles. The molecule has 1 aromatic rings. The van der Waals surface area contributed by atoms with Gasteiger partial charge in [0, 0.05) is 12.5 Å². The van der Waals surface area contributed by atoms with Crippen molar-refractivity contribution >= 4 is 15.9 Å². The zero-order valence-corrected chi connectivity index (χ0v) is 9.27. The molecule has 0 N–H and O–H groups in total. The van der Waals surface area contributed by atoms with E-state index in [1.54, 1.807) is 6.07 Å². The zero-order valence-electron chi connectivity index (χ0n) is 7.68. The Bertz CT molecular complexity index is 373. The number of nitriles is 1. The van der Waals surface area contributed by atoms with Crippen LogP contribution in [0.25, 0.3) is 0 Å². The molecular weight excluding hydrogens is 249 g/mol. The van der Waals surface area contributed by atoms with Gasteiger partial charge in [0.2, 0.25) is 0 Å². The molecule has 0 aliphatic heterocycles. The van der Waals surface area contributed by atoms with Crippen LogP contribution in [0.1, 0.15) is 12.0 Å². The number of hydrogen-bond acceptors (Lipinski definition) is 2. The lowest BCUT2D eigenvalue weighted by atomic mass is 10.1. The molecule has 1 rings (SSSR count). The van der Waals surface area contributed by atoms with Gasteiger partial charge in [-0.1, -0.05) is 0 Å². The molecule has 2 nitrogen and oxygen atoms in total. The number of methoxy groups -OCH3 is 1. The number of benzene rings is 1. The summed E-state index contributed by atoms with van der Waals surface area (Å²) in [5.41, 5.74) is 0.835. The first kappa shape index (κ1) is 11.0. The number of rotatable bonds is 3. The molecule has 14 heavy (non-hydrogen) atoms. The first-order chi connectivity index (χ1) is 6.69. The van der Waals surface area contributed by atoms with E-state index in [0.29, 0.717) is 23.1 Å². The summed E-state index contributed by atoms with van der Waals surface area (Å²) in [5, 5.41) is 8.44. The van der Waals surface area contributed by atoms with Gasteiger partial charge in [-0.3, -0.25) is 0 Å². The van der Waals surface area contributed by atoms with E-state index in [1.807, 2.05) is 6.07 Å². The van der Waals surface area contributed by atoms with Crippen LogP contribution in [0.15, 0.2) is 16.6 Å². The van der Waals surface area contributed by atoms with Crippen LogP contribution in [-0.2, 0) is 6.42 Å². The summed E-state index contributed by atoms with van der Waals surface area (Å²) >= 11 is 3.09. The quantitative estimate of drug-likeness (QED) is 0.834. The molecule has 0 fully saturated rings. The van der Waals surface area contributed by atoms with Gasteiger partial charge in [-0.25, -0.2) is 4.39 Å². The highest BCUT2D eigenvalue weighted by atomic mass is 79.9. The van der Waals surface area contributed by atoms with Crippen molar-refractivity contribution in [3.8, 4) is 11.8 Å². The molecule has 0 unspecified atom stereocenters. The molecule has 0 amide bonds. The molecule has 1 aromatic carbocycles. The van der Waals surface area contributed by atoms with Crippen molar-refractivity contribution in [1.29, 1.82) is 5.26 Å². The second-order valence-corrected chi connectivity index (χ2v) is 3.59. The van der Waals surface area contributed by atoms with E-state index in [1.165, 1.54) is 13.2 Å². The topological polar surface area (TPSA) is 33.0 Å². The maximum Gasteiger partial charge on any atom is 0.141 e. The molecule has 0 spiro atoms. The van der Waals surface area contributed by atoms with Gasteiger partial charge < -0.3 is 4.74 Å². The SMILES string of the molecule is COc1cc(F)c(Br)cc1CCC#N. The fraction of sp³-hybridized carbons (Fsp3) is 0.300. The molecule has 74 valence electrons. The lowest BCUT2D eigenvalue weighted by Crippen LogP contribution is -1.94. The van der Waals surface area contributed by atoms with Crippen molar-refractivity contribution in [2.45, 2.75) is 12.8 Å². The van der Waals surface area contributed by atoms with Crippen molar-refractivity contribution in [3.63, 3.8) is 0 Å². The third-order valence-electron chi connectivity index (χ3n) is 1.83. The van der Waals surface area contributed by atoms with E-state index in [4.69, 9.17) is 10.00 Å². The predicted molar refractivity (Wildman–Crippen MR) is 54.6 cm³/mol. The van der Waals surface area contributed by atoms with Gasteiger partial charge in [-0.2, -0.15) is 5.26 Å². The maximum absolute atomic E-state index is 13.1. The molecular formula is C10H9BrFNO. The summed E-state index contributed by atoms with van der Waals surface area (Å²) in [4.78, 5) is 0. The molecule has 0 atom stereocenters. The lowest BCUT2D eigenvalue weighted by molar-refractivity contribution is 0.406. The number of aryl methyl sites for hydroxylation is 1. The maximum atomic E-state index is 13.1. The van der Waals surface area contributed by atoms with Crippen LogP contribution in [0, 0.1) is 17.1 Å². The minimum atomic E-state index is -0.359. The smallest absolute Gasteiger partial charge is 0.141 e. The summed E-state index contributed by atoms with van der Waals surface area (Å²) in [6.45, 7) is 0. The summed E-state index contributed by atoms with van der Waals surface area (Å²) in [6, 6.07) is 5.00. The minimum absolute atomic E-state index is 0.359. The second kappa shape index (κ2) is 4.97. The number of ether oxygens (including phenoxy) is 1. The van der Waals surface area contributed by atoms with Crippen molar-refractivity contribution in [2.24, 2.45) is 0 Å². The molecule has 0 aromatic heterocycles. The third kappa shape index (κ3) is 2.46. The van der Waals surface area contributed by atoms with E-state index in [9.17, 15) is 4.39 Å². The average molecular weight is 258 g/mol. The fourth-order valence-corrected chi connectivity index (χ4v) is 1.54. The van der Waals surface area contributed by atoms with Crippen LogP contribution in [0.3, 0.4) is 0 Å². The van der Waals surface area contributed by atoms with E-state index in [0.717, 1.165) is 5.56 Å². The monoisotopic (exact) mass is 257 g/mol. The molecule has 4 heteroatoms. The predicted octanol–water partition coefficient (Wildman–Crippen LogP) is 3.05. The van der Waals surface area contributed by atoms with Crippen molar-refractivity contribution in [1.82, 2.24) is 0 Å². The number of nitrogens with zero attached hydrogens (tertiary/aromatic N) is 1. The van der Waals surface area contributed by atoms with Gasteiger partial charge in [0.15, 0.2) is 0 Å². The Hall–Kier alpha value is -1.08. The van der Waals surface area contributed by atoms with E-state index in [-0.39, 0.29) is 5.82 Å². The summed E-state index contributed by atoms with van der Waals surface area (Å²) in [7, 11) is 1.48. The molecule has 0 saturated carbocycles. The lowest BCUT2D eigenvalue weighted by Gasteiger charge is -2.07.